The lowest BCUT2D eigenvalue weighted by Gasteiger charge is -2.01. The van der Waals surface area contributed by atoms with Gasteiger partial charge in [-0.25, -0.2) is 0 Å². The number of benzene rings is 2. The van der Waals surface area contributed by atoms with Crippen molar-refractivity contribution in [3.63, 3.8) is 0 Å². The predicted octanol–water partition coefficient (Wildman–Crippen LogP) is 4.11. The fourth-order valence-electron chi connectivity index (χ4n) is 2.87. The highest BCUT2D eigenvalue weighted by atomic mass is 79.9. The molecule has 2 aromatic heterocycles. The molecule has 0 radical (unpaired) electrons. The van der Waals surface area contributed by atoms with E-state index in [1.54, 1.807) is 6.07 Å². The first kappa shape index (κ1) is 11.0. The zero-order valence-corrected chi connectivity index (χ0v) is 11.9. The Labute approximate surface area is 117 Å². The summed E-state index contributed by atoms with van der Waals surface area (Å²) in [6, 6.07) is 12.0. The summed E-state index contributed by atoms with van der Waals surface area (Å²) in [5.74, 6) is 0. The smallest absolute Gasteiger partial charge is 0.189 e. The molecule has 4 rings (SSSR count). The van der Waals surface area contributed by atoms with E-state index in [2.05, 4.69) is 38.5 Å². The molecular weight excluding hydrogens is 302 g/mol. The molecule has 2 heterocycles. The monoisotopic (exact) mass is 311 g/mol. The van der Waals surface area contributed by atoms with Crippen molar-refractivity contribution in [1.29, 1.82) is 0 Å². The van der Waals surface area contributed by atoms with Crippen molar-refractivity contribution >= 4 is 43.1 Å². The molecule has 0 N–H and O–H groups in total. The number of halogens is 1. The molecule has 0 spiro atoms. The standard InChI is InChI=1S/C16H10BrNO/c1-9-6-12-11-8-10(17)2-3-14(11)18-5-4-15(19)13(7-9)16(12)18/h2-8H,1H3. The maximum absolute atomic E-state index is 12.1. The van der Waals surface area contributed by atoms with Crippen LogP contribution in [-0.4, -0.2) is 4.40 Å². The number of hydrogen-bond acceptors (Lipinski definition) is 1. The molecule has 2 nitrogen and oxygen atoms in total. The molecule has 0 amide bonds. The van der Waals surface area contributed by atoms with Crippen molar-refractivity contribution in [2.45, 2.75) is 6.92 Å². The highest BCUT2D eigenvalue weighted by Gasteiger charge is 2.13. The van der Waals surface area contributed by atoms with Crippen LogP contribution >= 0.6 is 15.9 Å². The summed E-state index contributed by atoms with van der Waals surface area (Å²) < 4.78 is 3.16. The van der Waals surface area contributed by atoms with Crippen LogP contribution in [0.4, 0.5) is 0 Å². The summed E-state index contributed by atoms with van der Waals surface area (Å²) in [5, 5.41) is 3.11. The molecule has 0 unspecified atom stereocenters. The molecule has 0 aliphatic heterocycles. The number of hydrogen-bond donors (Lipinski definition) is 0. The first-order chi connectivity index (χ1) is 9.15. The van der Waals surface area contributed by atoms with Gasteiger partial charge < -0.3 is 4.40 Å². The van der Waals surface area contributed by atoms with Gasteiger partial charge in [0.05, 0.1) is 11.0 Å². The Kier molecular flexibility index (Phi) is 2.07. The van der Waals surface area contributed by atoms with E-state index in [1.807, 2.05) is 25.3 Å². The summed E-state index contributed by atoms with van der Waals surface area (Å²) in [6.45, 7) is 2.03. The van der Waals surface area contributed by atoms with Gasteiger partial charge in [-0.2, -0.15) is 0 Å². The van der Waals surface area contributed by atoms with Crippen LogP contribution in [0.15, 0.2) is 51.9 Å². The third kappa shape index (κ3) is 1.39. The zero-order valence-electron chi connectivity index (χ0n) is 10.3. The molecule has 4 aromatic rings. The third-order valence-corrected chi connectivity index (χ3v) is 4.14. The number of fused-ring (bicyclic) bond motifs is 3. The van der Waals surface area contributed by atoms with Gasteiger partial charge in [-0.3, -0.25) is 4.79 Å². The Morgan fingerprint density at radius 1 is 1.00 bits per heavy atom. The van der Waals surface area contributed by atoms with Crippen LogP contribution in [0, 0.1) is 6.92 Å². The van der Waals surface area contributed by atoms with E-state index in [0.29, 0.717) is 0 Å². The van der Waals surface area contributed by atoms with Crippen LogP contribution in [0.25, 0.3) is 27.2 Å². The molecule has 19 heavy (non-hydrogen) atoms. The highest BCUT2D eigenvalue weighted by Crippen LogP contribution is 2.32. The quantitative estimate of drug-likeness (QED) is 0.479. The van der Waals surface area contributed by atoms with Gasteiger partial charge in [0, 0.05) is 32.9 Å². The predicted molar refractivity (Wildman–Crippen MR) is 82.3 cm³/mol. The second kappa shape index (κ2) is 3.58. The van der Waals surface area contributed by atoms with Gasteiger partial charge in [0.2, 0.25) is 0 Å². The van der Waals surface area contributed by atoms with Crippen LogP contribution in [0.3, 0.4) is 0 Å². The van der Waals surface area contributed by atoms with E-state index in [0.717, 1.165) is 31.8 Å². The van der Waals surface area contributed by atoms with Gasteiger partial charge >= 0.3 is 0 Å². The second-order valence-corrected chi connectivity index (χ2v) is 5.84. The van der Waals surface area contributed by atoms with E-state index in [9.17, 15) is 4.79 Å². The Balaban J connectivity index is 2.47. The lowest BCUT2D eigenvalue weighted by atomic mass is 10.1. The van der Waals surface area contributed by atoms with E-state index in [4.69, 9.17) is 0 Å². The van der Waals surface area contributed by atoms with Gasteiger partial charge in [-0.15, -0.1) is 0 Å². The number of rotatable bonds is 0. The Hall–Kier alpha value is -1.87. The molecule has 0 aliphatic rings. The van der Waals surface area contributed by atoms with E-state index in [1.165, 1.54) is 5.39 Å². The van der Waals surface area contributed by atoms with Crippen molar-refractivity contribution in [1.82, 2.24) is 4.40 Å². The van der Waals surface area contributed by atoms with Crippen LogP contribution in [0.1, 0.15) is 5.56 Å². The lowest BCUT2D eigenvalue weighted by molar-refractivity contribution is 1.25. The molecule has 0 bridgehead atoms. The van der Waals surface area contributed by atoms with E-state index < -0.39 is 0 Å². The average Bonchev–Trinajstić information content (AvgIpc) is 2.68. The zero-order chi connectivity index (χ0) is 13.1. The molecule has 0 atom stereocenters. The normalized spacial score (nSPS) is 11.9. The van der Waals surface area contributed by atoms with Crippen molar-refractivity contribution in [2.24, 2.45) is 0 Å². The number of nitrogens with zero attached hydrogens (tertiary/aromatic N) is 1. The van der Waals surface area contributed by atoms with E-state index >= 15 is 0 Å². The van der Waals surface area contributed by atoms with Gasteiger partial charge in [0.1, 0.15) is 0 Å². The van der Waals surface area contributed by atoms with Crippen LogP contribution in [0.5, 0.6) is 0 Å². The third-order valence-electron chi connectivity index (χ3n) is 3.64. The summed E-state index contributed by atoms with van der Waals surface area (Å²) in [4.78, 5) is 12.1. The second-order valence-electron chi connectivity index (χ2n) is 4.92. The van der Waals surface area contributed by atoms with Crippen molar-refractivity contribution in [2.75, 3.05) is 0 Å². The summed E-state index contributed by atoms with van der Waals surface area (Å²) in [7, 11) is 0. The van der Waals surface area contributed by atoms with Crippen molar-refractivity contribution in [3.05, 3.63) is 62.9 Å². The minimum absolute atomic E-state index is 0.0862. The molecule has 0 fully saturated rings. The van der Waals surface area contributed by atoms with Crippen molar-refractivity contribution in [3.8, 4) is 0 Å². The SMILES string of the molecule is Cc1cc2c(=O)ccn3c4ccc(Br)cc4c(c1)c23. The lowest BCUT2D eigenvalue weighted by Crippen LogP contribution is -2.02. The first-order valence-electron chi connectivity index (χ1n) is 6.11. The fourth-order valence-corrected chi connectivity index (χ4v) is 3.23. The molecule has 2 aromatic carbocycles. The maximum Gasteiger partial charge on any atom is 0.189 e. The molecule has 0 aliphatic carbocycles. The average molecular weight is 312 g/mol. The van der Waals surface area contributed by atoms with E-state index in [-0.39, 0.29) is 5.43 Å². The fraction of sp³-hybridized carbons (Fsp3) is 0.0625. The first-order valence-corrected chi connectivity index (χ1v) is 6.91. The topological polar surface area (TPSA) is 21.5 Å². The summed E-state index contributed by atoms with van der Waals surface area (Å²) >= 11 is 3.52. The van der Waals surface area contributed by atoms with Crippen molar-refractivity contribution < 1.29 is 0 Å². The minimum Gasteiger partial charge on any atom is -0.315 e. The summed E-state index contributed by atoms with van der Waals surface area (Å²) in [6.07, 6.45) is 1.86. The molecule has 0 saturated carbocycles. The molecule has 92 valence electrons. The largest absolute Gasteiger partial charge is 0.315 e. The molecule has 0 saturated heterocycles. The highest BCUT2D eigenvalue weighted by molar-refractivity contribution is 9.10. The molecular formula is C16H10BrNO. The molecule has 3 heteroatoms. The van der Waals surface area contributed by atoms with Crippen LogP contribution in [-0.2, 0) is 0 Å². The van der Waals surface area contributed by atoms with Gasteiger partial charge in [-0.05, 0) is 42.8 Å². The number of pyridine rings is 1. The maximum atomic E-state index is 12.1. The minimum atomic E-state index is 0.0862. The van der Waals surface area contributed by atoms with Crippen LogP contribution < -0.4 is 5.43 Å². The van der Waals surface area contributed by atoms with Gasteiger partial charge in [0.25, 0.3) is 0 Å². The Morgan fingerprint density at radius 2 is 1.79 bits per heavy atom. The van der Waals surface area contributed by atoms with Gasteiger partial charge in [-0.1, -0.05) is 15.9 Å². The Morgan fingerprint density at radius 3 is 2.63 bits per heavy atom. The number of aromatic nitrogens is 1. The van der Waals surface area contributed by atoms with Gasteiger partial charge in [0.15, 0.2) is 5.43 Å². The summed E-state index contributed by atoms with van der Waals surface area (Å²) in [5.41, 5.74) is 3.35. The van der Waals surface area contributed by atoms with Crippen LogP contribution in [0.2, 0.25) is 0 Å². The number of aryl methyl sites for hydroxylation is 1. The Bertz CT molecular complexity index is 1000.